The van der Waals surface area contributed by atoms with Gasteiger partial charge in [-0.25, -0.2) is 0 Å². The predicted octanol–water partition coefficient (Wildman–Crippen LogP) is 4.25. The van der Waals surface area contributed by atoms with Gasteiger partial charge in [-0.1, -0.05) is 17.7 Å². The lowest BCUT2D eigenvalue weighted by Crippen LogP contribution is -2.30. The van der Waals surface area contributed by atoms with Gasteiger partial charge < -0.3 is 23.8 Å². The SMILES string of the molecule is O=C(c1cc(Cl)c2c(c1)OCCO2)N1CCCC1c1ccc2c(c1)OCCCO2. The number of likely N-dealkylation sites (tertiary alicyclic amines) is 1. The van der Waals surface area contributed by atoms with Crippen molar-refractivity contribution >= 4 is 17.5 Å². The quantitative estimate of drug-likeness (QED) is 0.733. The molecule has 5 rings (SSSR count). The van der Waals surface area contributed by atoms with Crippen molar-refractivity contribution in [1.82, 2.24) is 4.90 Å². The first-order valence-corrected chi connectivity index (χ1v) is 10.4. The summed E-state index contributed by atoms with van der Waals surface area (Å²) in [7, 11) is 0. The topological polar surface area (TPSA) is 57.2 Å². The van der Waals surface area contributed by atoms with Crippen LogP contribution in [-0.4, -0.2) is 43.8 Å². The molecular formula is C22H22ClNO5. The molecule has 0 aromatic heterocycles. The largest absolute Gasteiger partial charge is 0.490 e. The molecule has 3 aliphatic heterocycles. The molecule has 0 saturated carbocycles. The maximum Gasteiger partial charge on any atom is 0.254 e. The van der Waals surface area contributed by atoms with Crippen LogP contribution in [0.25, 0.3) is 0 Å². The molecule has 0 N–H and O–H groups in total. The van der Waals surface area contributed by atoms with Gasteiger partial charge in [0.1, 0.15) is 13.2 Å². The normalized spacial score (nSPS) is 20.3. The molecule has 6 nitrogen and oxygen atoms in total. The van der Waals surface area contributed by atoms with Crippen molar-refractivity contribution in [3.63, 3.8) is 0 Å². The summed E-state index contributed by atoms with van der Waals surface area (Å²) in [5.74, 6) is 2.50. The van der Waals surface area contributed by atoms with Gasteiger partial charge in [-0.2, -0.15) is 0 Å². The molecule has 1 atom stereocenters. The van der Waals surface area contributed by atoms with Gasteiger partial charge >= 0.3 is 0 Å². The van der Waals surface area contributed by atoms with Gasteiger partial charge in [0.25, 0.3) is 5.91 Å². The minimum atomic E-state index is -0.0570. The highest BCUT2D eigenvalue weighted by atomic mass is 35.5. The van der Waals surface area contributed by atoms with Gasteiger partial charge in [-0.05, 0) is 42.7 Å². The van der Waals surface area contributed by atoms with Crippen LogP contribution in [0.5, 0.6) is 23.0 Å². The first kappa shape index (κ1) is 18.4. The van der Waals surface area contributed by atoms with Gasteiger partial charge in [-0.3, -0.25) is 4.79 Å². The number of hydrogen-bond acceptors (Lipinski definition) is 5. The van der Waals surface area contributed by atoms with Gasteiger partial charge in [0.2, 0.25) is 0 Å². The molecule has 3 aliphatic rings. The molecule has 2 aromatic carbocycles. The van der Waals surface area contributed by atoms with Crippen LogP contribution >= 0.6 is 11.6 Å². The Hall–Kier alpha value is -2.60. The third-order valence-corrected chi connectivity index (χ3v) is 5.79. The average Bonchev–Trinajstić information content (AvgIpc) is 3.11. The number of benzene rings is 2. The van der Waals surface area contributed by atoms with Crippen LogP contribution in [0, 0.1) is 0 Å². The third-order valence-electron chi connectivity index (χ3n) is 5.51. The smallest absolute Gasteiger partial charge is 0.254 e. The first-order valence-electron chi connectivity index (χ1n) is 10.0. The summed E-state index contributed by atoms with van der Waals surface area (Å²) in [5.41, 5.74) is 1.57. The Balaban J connectivity index is 1.43. The Morgan fingerprint density at radius 2 is 1.69 bits per heavy atom. The summed E-state index contributed by atoms with van der Waals surface area (Å²) in [6.07, 6.45) is 2.72. The Bertz CT molecular complexity index is 947. The van der Waals surface area contributed by atoms with Crippen LogP contribution in [0.2, 0.25) is 5.02 Å². The van der Waals surface area contributed by atoms with Crippen molar-refractivity contribution < 1.29 is 23.7 Å². The minimum absolute atomic E-state index is 0.00775. The van der Waals surface area contributed by atoms with Crippen molar-refractivity contribution in [2.75, 3.05) is 33.0 Å². The van der Waals surface area contributed by atoms with E-state index in [0.717, 1.165) is 36.3 Å². The summed E-state index contributed by atoms with van der Waals surface area (Å²) in [5, 5.41) is 0.400. The van der Waals surface area contributed by atoms with Gasteiger partial charge in [0.15, 0.2) is 23.0 Å². The van der Waals surface area contributed by atoms with Gasteiger partial charge in [-0.15, -0.1) is 0 Å². The Morgan fingerprint density at radius 1 is 0.897 bits per heavy atom. The average molecular weight is 416 g/mol. The summed E-state index contributed by atoms with van der Waals surface area (Å²) >= 11 is 6.34. The molecule has 3 heterocycles. The summed E-state index contributed by atoms with van der Waals surface area (Å²) in [6, 6.07) is 9.37. The van der Waals surface area contributed by atoms with E-state index in [9.17, 15) is 4.79 Å². The van der Waals surface area contributed by atoms with Crippen LogP contribution in [0.3, 0.4) is 0 Å². The summed E-state index contributed by atoms with van der Waals surface area (Å²) in [4.78, 5) is 15.2. The monoisotopic (exact) mass is 415 g/mol. The second-order valence-electron chi connectivity index (χ2n) is 7.40. The second-order valence-corrected chi connectivity index (χ2v) is 7.80. The molecule has 29 heavy (non-hydrogen) atoms. The van der Waals surface area contributed by atoms with Gasteiger partial charge in [0, 0.05) is 18.5 Å². The lowest BCUT2D eigenvalue weighted by molar-refractivity contribution is 0.0734. The first-order chi connectivity index (χ1) is 14.2. The molecule has 0 radical (unpaired) electrons. The van der Waals surface area contributed by atoms with Crippen LogP contribution in [0.1, 0.15) is 41.2 Å². The lowest BCUT2D eigenvalue weighted by atomic mass is 10.0. The number of halogens is 1. The number of amides is 1. The van der Waals surface area contributed by atoms with E-state index in [0.29, 0.717) is 55.1 Å². The zero-order valence-electron chi connectivity index (χ0n) is 16.0. The highest BCUT2D eigenvalue weighted by Gasteiger charge is 2.32. The van der Waals surface area contributed by atoms with Gasteiger partial charge in [0.05, 0.1) is 24.3 Å². The number of ether oxygens (including phenoxy) is 4. The number of rotatable bonds is 2. The van der Waals surface area contributed by atoms with Crippen LogP contribution in [-0.2, 0) is 0 Å². The molecule has 1 saturated heterocycles. The zero-order chi connectivity index (χ0) is 19.8. The predicted molar refractivity (Wildman–Crippen MR) is 108 cm³/mol. The van der Waals surface area contributed by atoms with Crippen LogP contribution in [0.15, 0.2) is 30.3 Å². The zero-order valence-corrected chi connectivity index (χ0v) is 16.7. The third kappa shape index (κ3) is 3.46. The minimum Gasteiger partial charge on any atom is -0.490 e. The summed E-state index contributed by atoms with van der Waals surface area (Å²) < 4.78 is 22.8. The Labute approximate surface area is 174 Å². The molecule has 1 unspecified atom stereocenters. The van der Waals surface area contributed by atoms with Crippen LogP contribution in [0.4, 0.5) is 0 Å². The Kier molecular flexibility index (Phi) is 4.87. The number of carbonyl (C=O) groups is 1. The van der Waals surface area contributed by atoms with Crippen LogP contribution < -0.4 is 18.9 Å². The molecular weight excluding hydrogens is 394 g/mol. The fourth-order valence-electron chi connectivity index (χ4n) is 4.14. The molecule has 7 heteroatoms. The van der Waals surface area contributed by atoms with E-state index in [2.05, 4.69) is 0 Å². The molecule has 0 spiro atoms. The number of fused-ring (bicyclic) bond motifs is 2. The van der Waals surface area contributed by atoms with E-state index in [4.69, 9.17) is 30.5 Å². The Morgan fingerprint density at radius 3 is 2.59 bits per heavy atom. The van der Waals surface area contributed by atoms with E-state index >= 15 is 0 Å². The summed E-state index contributed by atoms with van der Waals surface area (Å²) in [6.45, 7) is 2.90. The van der Waals surface area contributed by atoms with E-state index < -0.39 is 0 Å². The standard InChI is InChI=1S/C22H22ClNO5/c23-16-11-15(13-20-21(16)29-10-9-28-20)22(25)24-6-1-3-17(24)14-4-5-18-19(12-14)27-8-2-7-26-18/h4-5,11-13,17H,1-3,6-10H2. The molecule has 0 aliphatic carbocycles. The van der Waals surface area contributed by atoms with E-state index in [1.54, 1.807) is 12.1 Å². The second kappa shape index (κ2) is 7.67. The highest BCUT2D eigenvalue weighted by molar-refractivity contribution is 6.32. The number of carbonyl (C=O) groups excluding carboxylic acids is 1. The number of nitrogens with zero attached hydrogens (tertiary/aromatic N) is 1. The fraction of sp³-hybridized carbons (Fsp3) is 0.409. The number of hydrogen-bond donors (Lipinski definition) is 0. The van der Waals surface area contributed by atoms with E-state index in [-0.39, 0.29) is 11.9 Å². The molecule has 2 aromatic rings. The fourth-order valence-corrected chi connectivity index (χ4v) is 4.41. The molecule has 1 amide bonds. The maximum absolute atomic E-state index is 13.3. The van der Waals surface area contributed by atoms with E-state index in [1.807, 2.05) is 23.1 Å². The van der Waals surface area contributed by atoms with Crippen molar-refractivity contribution in [2.45, 2.75) is 25.3 Å². The maximum atomic E-state index is 13.3. The highest BCUT2D eigenvalue weighted by Crippen LogP contribution is 2.41. The lowest BCUT2D eigenvalue weighted by Gasteiger charge is -2.27. The molecule has 1 fully saturated rings. The van der Waals surface area contributed by atoms with Crippen molar-refractivity contribution in [3.8, 4) is 23.0 Å². The van der Waals surface area contributed by atoms with Crippen molar-refractivity contribution in [3.05, 3.63) is 46.5 Å². The molecule has 152 valence electrons. The van der Waals surface area contributed by atoms with E-state index in [1.165, 1.54) is 0 Å². The molecule has 0 bridgehead atoms. The van der Waals surface area contributed by atoms with Crippen molar-refractivity contribution in [1.29, 1.82) is 0 Å². The van der Waals surface area contributed by atoms with Crippen molar-refractivity contribution in [2.24, 2.45) is 0 Å².